The number of aromatic nitrogens is 2. The number of aliphatic hydroxyl groups excluding tert-OH is 1. The Hall–Kier alpha value is -1.75. The molecule has 0 amide bonds. The van der Waals surface area contributed by atoms with Crippen LogP contribution in [0.2, 0.25) is 0 Å². The maximum Gasteiger partial charge on any atom is 0.205 e. The minimum absolute atomic E-state index is 0.0796. The molecule has 19 heavy (non-hydrogen) atoms. The Bertz CT molecular complexity index is 600. The van der Waals surface area contributed by atoms with Crippen molar-refractivity contribution in [2.45, 2.75) is 44.6 Å². The summed E-state index contributed by atoms with van der Waals surface area (Å²) in [6, 6.07) is 3.63. The molecule has 0 bridgehead atoms. The average Bonchev–Trinajstić information content (AvgIpc) is 2.86. The number of nitroso groups, excluding NO2 is 1. The summed E-state index contributed by atoms with van der Waals surface area (Å²) >= 11 is 0. The van der Waals surface area contributed by atoms with Gasteiger partial charge in [0.15, 0.2) is 0 Å². The summed E-state index contributed by atoms with van der Waals surface area (Å²) < 4.78 is 1.70. The number of aliphatic hydroxyl groups is 1. The van der Waals surface area contributed by atoms with Crippen molar-refractivity contribution in [3.63, 3.8) is 0 Å². The Morgan fingerprint density at radius 1 is 1.37 bits per heavy atom. The van der Waals surface area contributed by atoms with Gasteiger partial charge in [-0.25, -0.2) is 4.98 Å². The summed E-state index contributed by atoms with van der Waals surface area (Å²) in [6.45, 7) is -0.0796. The van der Waals surface area contributed by atoms with Gasteiger partial charge in [0, 0.05) is 17.7 Å². The minimum Gasteiger partial charge on any atom is -0.392 e. The molecule has 100 valence electrons. The minimum atomic E-state index is -0.0796. The summed E-state index contributed by atoms with van der Waals surface area (Å²) in [4.78, 5) is 15.8. The van der Waals surface area contributed by atoms with E-state index in [2.05, 4.69) is 10.2 Å². The fourth-order valence-electron chi connectivity index (χ4n) is 2.99. The topological polar surface area (TPSA) is 67.0 Å². The second kappa shape index (κ2) is 5.09. The van der Waals surface area contributed by atoms with Crippen LogP contribution in [0.3, 0.4) is 0 Å². The average molecular weight is 259 g/mol. The Balaban J connectivity index is 2.15. The smallest absolute Gasteiger partial charge is 0.205 e. The largest absolute Gasteiger partial charge is 0.392 e. The van der Waals surface area contributed by atoms with Crippen LogP contribution in [0.15, 0.2) is 23.5 Å². The van der Waals surface area contributed by atoms with Crippen molar-refractivity contribution in [3.8, 4) is 0 Å². The first kappa shape index (κ1) is 12.3. The van der Waals surface area contributed by atoms with Crippen molar-refractivity contribution < 1.29 is 5.11 Å². The van der Waals surface area contributed by atoms with E-state index < -0.39 is 0 Å². The lowest BCUT2D eigenvalue weighted by Gasteiger charge is -2.19. The van der Waals surface area contributed by atoms with Crippen LogP contribution in [-0.4, -0.2) is 14.5 Å². The number of imidazole rings is 1. The van der Waals surface area contributed by atoms with Crippen molar-refractivity contribution in [2.24, 2.45) is 5.18 Å². The third-order valence-corrected chi connectivity index (χ3v) is 3.98. The number of hydrogen-bond donors (Lipinski definition) is 1. The molecule has 2 aromatic heterocycles. The van der Waals surface area contributed by atoms with Gasteiger partial charge in [0.1, 0.15) is 5.65 Å². The van der Waals surface area contributed by atoms with Gasteiger partial charge in [-0.05, 0) is 24.1 Å². The molecule has 1 aliphatic carbocycles. The molecule has 0 saturated heterocycles. The van der Waals surface area contributed by atoms with E-state index in [0.29, 0.717) is 17.4 Å². The SMILES string of the molecule is O=Nc1c(C2CCCCC2)nc2c(CO)cccn12. The maximum atomic E-state index is 11.2. The molecule has 1 aliphatic rings. The third-order valence-electron chi connectivity index (χ3n) is 3.98. The predicted octanol–water partition coefficient (Wildman–Crippen LogP) is 3.27. The van der Waals surface area contributed by atoms with Crippen LogP contribution in [0.5, 0.6) is 0 Å². The second-order valence-corrected chi connectivity index (χ2v) is 5.13. The van der Waals surface area contributed by atoms with Crippen molar-refractivity contribution in [1.82, 2.24) is 9.38 Å². The molecule has 1 N–H and O–H groups in total. The van der Waals surface area contributed by atoms with Crippen LogP contribution in [0, 0.1) is 4.91 Å². The van der Waals surface area contributed by atoms with Crippen LogP contribution >= 0.6 is 0 Å². The van der Waals surface area contributed by atoms with Gasteiger partial charge in [-0.1, -0.05) is 25.3 Å². The van der Waals surface area contributed by atoms with Gasteiger partial charge in [-0.2, -0.15) is 0 Å². The van der Waals surface area contributed by atoms with E-state index in [1.165, 1.54) is 19.3 Å². The summed E-state index contributed by atoms with van der Waals surface area (Å²) in [7, 11) is 0. The molecule has 0 radical (unpaired) electrons. The standard InChI is InChI=1S/C14H17N3O2/c18-9-11-7-4-8-17-13(11)15-12(14(17)16-19)10-5-2-1-3-6-10/h4,7-8,10,18H,1-3,5-6,9H2. The number of rotatable bonds is 3. The lowest BCUT2D eigenvalue weighted by molar-refractivity contribution is 0.282. The Morgan fingerprint density at radius 3 is 2.84 bits per heavy atom. The van der Waals surface area contributed by atoms with Gasteiger partial charge in [0.2, 0.25) is 5.82 Å². The zero-order valence-electron chi connectivity index (χ0n) is 10.7. The van der Waals surface area contributed by atoms with Crippen LogP contribution < -0.4 is 0 Å². The normalized spacial score (nSPS) is 16.9. The summed E-state index contributed by atoms with van der Waals surface area (Å²) in [6.07, 6.45) is 7.55. The van der Waals surface area contributed by atoms with Gasteiger partial charge in [0.05, 0.1) is 12.3 Å². The lowest BCUT2D eigenvalue weighted by atomic mass is 9.87. The molecule has 0 atom stereocenters. The lowest BCUT2D eigenvalue weighted by Crippen LogP contribution is -2.05. The number of fused-ring (bicyclic) bond motifs is 1. The van der Waals surface area contributed by atoms with Crippen LogP contribution in [0.1, 0.15) is 49.3 Å². The highest BCUT2D eigenvalue weighted by atomic mass is 16.3. The number of nitrogens with zero attached hydrogens (tertiary/aromatic N) is 3. The maximum absolute atomic E-state index is 11.2. The van der Waals surface area contributed by atoms with E-state index in [9.17, 15) is 10.0 Å². The monoisotopic (exact) mass is 259 g/mol. The molecule has 1 saturated carbocycles. The van der Waals surface area contributed by atoms with Crippen LogP contribution in [-0.2, 0) is 6.61 Å². The van der Waals surface area contributed by atoms with Gasteiger partial charge in [-0.3, -0.25) is 4.40 Å². The highest BCUT2D eigenvalue weighted by Gasteiger charge is 2.24. The fourth-order valence-corrected chi connectivity index (χ4v) is 2.99. The van der Waals surface area contributed by atoms with Crippen molar-refractivity contribution in [2.75, 3.05) is 0 Å². The Morgan fingerprint density at radius 2 is 2.16 bits per heavy atom. The zero-order valence-corrected chi connectivity index (χ0v) is 10.7. The van der Waals surface area contributed by atoms with Crippen LogP contribution in [0.4, 0.5) is 5.82 Å². The molecule has 0 unspecified atom stereocenters. The zero-order chi connectivity index (χ0) is 13.2. The van der Waals surface area contributed by atoms with Gasteiger partial charge in [-0.15, -0.1) is 4.91 Å². The second-order valence-electron chi connectivity index (χ2n) is 5.13. The summed E-state index contributed by atoms with van der Waals surface area (Å²) in [5, 5.41) is 12.5. The van der Waals surface area contributed by atoms with E-state index in [1.807, 2.05) is 6.07 Å². The third kappa shape index (κ3) is 2.04. The van der Waals surface area contributed by atoms with E-state index in [4.69, 9.17) is 0 Å². The molecule has 2 heterocycles. The highest BCUT2D eigenvalue weighted by molar-refractivity contribution is 5.57. The molecule has 0 aliphatic heterocycles. The van der Waals surface area contributed by atoms with Crippen molar-refractivity contribution in [1.29, 1.82) is 0 Å². The molecule has 0 spiro atoms. The molecular formula is C14H17N3O2. The molecule has 0 aromatic carbocycles. The molecule has 1 fully saturated rings. The highest BCUT2D eigenvalue weighted by Crippen LogP contribution is 2.37. The van der Waals surface area contributed by atoms with E-state index in [0.717, 1.165) is 24.1 Å². The summed E-state index contributed by atoms with van der Waals surface area (Å²) in [5.74, 6) is 0.727. The first-order valence-corrected chi connectivity index (χ1v) is 6.79. The Labute approximate surface area is 111 Å². The van der Waals surface area contributed by atoms with Crippen molar-refractivity contribution in [3.05, 3.63) is 34.5 Å². The van der Waals surface area contributed by atoms with Crippen LogP contribution in [0.25, 0.3) is 5.65 Å². The van der Waals surface area contributed by atoms with E-state index >= 15 is 0 Å². The molecule has 2 aromatic rings. The van der Waals surface area contributed by atoms with Crippen molar-refractivity contribution >= 4 is 11.5 Å². The molecule has 5 heteroatoms. The summed E-state index contributed by atoms with van der Waals surface area (Å²) in [5.41, 5.74) is 2.19. The first-order valence-electron chi connectivity index (χ1n) is 6.79. The number of pyridine rings is 1. The van der Waals surface area contributed by atoms with Gasteiger partial charge >= 0.3 is 0 Å². The molecular weight excluding hydrogens is 242 g/mol. The van der Waals surface area contributed by atoms with E-state index in [1.54, 1.807) is 16.7 Å². The Kier molecular flexibility index (Phi) is 3.29. The predicted molar refractivity (Wildman–Crippen MR) is 72.4 cm³/mol. The van der Waals surface area contributed by atoms with Gasteiger partial charge in [0.25, 0.3) is 0 Å². The van der Waals surface area contributed by atoms with E-state index in [-0.39, 0.29) is 6.61 Å². The van der Waals surface area contributed by atoms with Gasteiger partial charge < -0.3 is 5.11 Å². The molecule has 5 nitrogen and oxygen atoms in total. The number of hydrogen-bond acceptors (Lipinski definition) is 4. The fraction of sp³-hybridized carbons (Fsp3) is 0.500. The molecule has 3 rings (SSSR count). The quantitative estimate of drug-likeness (QED) is 0.860. The first-order chi connectivity index (χ1) is 9.35.